The Bertz CT molecular complexity index is 402. The first kappa shape index (κ1) is 13.2. The van der Waals surface area contributed by atoms with Gasteiger partial charge in [-0.15, -0.1) is 0 Å². The summed E-state index contributed by atoms with van der Waals surface area (Å²) >= 11 is 0. The summed E-state index contributed by atoms with van der Waals surface area (Å²) in [5.41, 5.74) is 0.838. The van der Waals surface area contributed by atoms with E-state index >= 15 is 0 Å². The zero-order valence-corrected chi connectivity index (χ0v) is 10.3. The lowest BCUT2D eigenvalue weighted by Gasteiger charge is -2.22. The molecule has 0 saturated heterocycles. The third-order valence-corrected chi connectivity index (χ3v) is 2.40. The molecule has 0 unspecified atom stereocenters. The predicted octanol–water partition coefficient (Wildman–Crippen LogP) is 2.42. The molecule has 1 heterocycles. The first-order valence-electron chi connectivity index (χ1n) is 5.80. The van der Waals surface area contributed by atoms with Crippen LogP contribution in [0.5, 0.6) is 0 Å². The third kappa shape index (κ3) is 3.90. The molecule has 17 heavy (non-hydrogen) atoms. The summed E-state index contributed by atoms with van der Waals surface area (Å²) in [7, 11) is 0. The summed E-state index contributed by atoms with van der Waals surface area (Å²) in [5.74, 6) is -0.104. The lowest BCUT2D eigenvalue weighted by atomic mass is 10.2. The van der Waals surface area contributed by atoms with Gasteiger partial charge in [-0.25, -0.2) is 9.78 Å². The van der Waals surface area contributed by atoms with Gasteiger partial charge in [0.25, 0.3) is 0 Å². The Kier molecular flexibility index (Phi) is 5.20. The van der Waals surface area contributed by atoms with E-state index in [4.69, 9.17) is 5.11 Å². The summed E-state index contributed by atoms with van der Waals surface area (Å²) in [6.45, 7) is 5.95. The number of hydrogen-bond donors (Lipinski definition) is 1. The number of rotatable bonds is 6. The fourth-order valence-corrected chi connectivity index (χ4v) is 1.65. The van der Waals surface area contributed by atoms with Crippen LogP contribution in [-0.4, -0.2) is 29.1 Å². The van der Waals surface area contributed by atoms with Gasteiger partial charge in [0, 0.05) is 30.9 Å². The second-order valence-electron chi connectivity index (χ2n) is 3.67. The van der Waals surface area contributed by atoms with Crippen molar-refractivity contribution in [1.82, 2.24) is 4.98 Å². The van der Waals surface area contributed by atoms with Crippen LogP contribution in [-0.2, 0) is 4.79 Å². The summed E-state index contributed by atoms with van der Waals surface area (Å²) < 4.78 is 0. The van der Waals surface area contributed by atoms with Crippen molar-refractivity contribution in [3.05, 3.63) is 30.0 Å². The minimum absolute atomic E-state index is 0.838. The molecule has 0 amide bonds. The minimum Gasteiger partial charge on any atom is -0.478 e. The Morgan fingerprint density at radius 2 is 2.29 bits per heavy atom. The van der Waals surface area contributed by atoms with Crippen LogP contribution in [0.1, 0.15) is 25.8 Å². The molecule has 1 N–H and O–H groups in total. The Hall–Kier alpha value is -1.84. The standard InChI is InChI=1S/C13H18N2O2/c1-3-10-15(4-2)13-11(6-5-9-14-13)7-8-12(16)17/h5-9H,3-4,10H2,1-2H3,(H,16,17)/b8-7+. The smallest absolute Gasteiger partial charge is 0.328 e. The molecule has 0 atom stereocenters. The van der Waals surface area contributed by atoms with E-state index in [9.17, 15) is 4.79 Å². The van der Waals surface area contributed by atoms with Crippen molar-refractivity contribution in [3.63, 3.8) is 0 Å². The van der Waals surface area contributed by atoms with Crippen molar-refractivity contribution in [2.24, 2.45) is 0 Å². The van der Waals surface area contributed by atoms with Crippen molar-refractivity contribution in [2.45, 2.75) is 20.3 Å². The molecule has 0 aliphatic heterocycles. The SMILES string of the molecule is CCCN(CC)c1ncccc1/C=C/C(=O)O. The van der Waals surface area contributed by atoms with Gasteiger partial charge in [-0.3, -0.25) is 0 Å². The number of pyridine rings is 1. The summed E-state index contributed by atoms with van der Waals surface area (Å²) in [5, 5.41) is 8.64. The van der Waals surface area contributed by atoms with Gasteiger partial charge >= 0.3 is 5.97 Å². The van der Waals surface area contributed by atoms with Gasteiger partial charge in [-0.05, 0) is 31.6 Å². The first-order valence-corrected chi connectivity index (χ1v) is 5.80. The second kappa shape index (κ2) is 6.68. The Morgan fingerprint density at radius 1 is 1.53 bits per heavy atom. The quantitative estimate of drug-likeness (QED) is 0.768. The molecule has 1 rings (SSSR count). The molecule has 4 heteroatoms. The third-order valence-electron chi connectivity index (χ3n) is 2.40. The average Bonchev–Trinajstić information content (AvgIpc) is 2.34. The summed E-state index contributed by atoms with van der Waals surface area (Å²) in [6, 6.07) is 3.69. The lowest BCUT2D eigenvalue weighted by molar-refractivity contribution is -0.131. The Labute approximate surface area is 102 Å². The topological polar surface area (TPSA) is 53.4 Å². The molecule has 1 aromatic rings. The van der Waals surface area contributed by atoms with Crippen molar-refractivity contribution in [2.75, 3.05) is 18.0 Å². The molecule has 0 aromatic carbocycles. The molecule has 1 aromatic heterocycles. The highest BCUT2D eigenvalue weighted by Gasteiger charge is 2.08. The predicted molar refractivity (Wildman–Crippen MR) is 69.1 cm³/mol. The molecular formula is C13H18N2O2. The van der Waals surface area contributed by atoms with Crippen molar-refractivity contribution < 1.29 is 9.90 Å². The fourth-order valence-electron chi connectivity index (χ4n) is 1.65. The van der Waals surface area contributed by atoms with Crippen molar-refractivity contribution in [3.8, 4) is 0 Å². The van der Waals surface area contributed by atoms with E-state index in [1.807, 2.05) is 12.1 Å². The Balaban J connectivity index is 3.01. The van der Waals surface area contributed by atoms with Gasteiger partial charge in [-0.1, -0.05) is 6.92 Å². The van der Waals surface area contributed by atoms with Crippen LogP contribution in [0.2, 0.25) is 0 Å². The molecule has 0 bridgehead atoms. The molecule has 92 valence electrons. The van der Waals surface area contributed by atoms with Gasteiger partial charge in [0.15, 0.2) is 0 Å². The number of carbonyl (C=O) groups is 1. The van der Waals surface area contributed by atoms with Crippen LogP contribution >= 0.6 is 0 Å². The van der Waals surface area contributed by atoms with Crippen LogP contribution in [0.15, 0.2) is 24.4 Å². The molecule has 0 radical (unpaired) electrons. The van der Waals surface area contributed by atoms with E-state index in [2.05, 4.69) is 23.7 Å². The van der Waals surface area contributed by atoms with E-state index in [0.717, 1.165) is 37.0 Å². The number of aromatic nitrogens is 1. The van der Waals surface area contributed by atoms with Crippen LogP contribution < -0.4 is 4.90 Å². The van der Waals surface area contributed by atoms with Crippen LogP contribution in [0, 0.1) is 0 Å². The van der Waals surface area contributed by atoms with Gasteiger partial charge in [0.1, 0.15) is 5.82 Å². The highest BCUT2D eigenvalue weighted by atomic mass is 16.4. The van der Waals surface area contributed by atoms with Crippen LogP contribution in [0.25, 0.3) is 6.08 Å². The normalized spacial score (nSPS) is 10.7. The van der Waals surface area contributed by atoms with Gasteiger partial charge in [0.2, 0.25) is 0 Å². The monoisotopic (exact) mass is 234 g/mol. The number of anilines is 1. The van der Waals surface area contributed by atoms with Crippen LogP contribution in [0.3, 0.4) is 0 Å². The van der Waals surface area contributed by atoms with E-state index in [1.165, 1.54) is 0 Å². The first-order chi connectivity index (χ1) is 8.19. The number of nitrogens with zero attached hydrogens (tertiary/aromatic N) is 2. The Morgan fingerprint density at radius 3 is 2.88 bits per heavy atom. The maximum absolute atomic E-state index is 10.5. The van der Waals surface area contributed by atoms with E-state index in [-0.39, 0.29) is 0 Å². The molecule has 4 nitrogen and oxygen atoms in total. The van der Waals surface area contributed by atoms with Crippen molar-refractivity contribution >= 4 is 17.9 Å². The number of carboxylic acid groups (broad SMARTS) is 1. The molecule has 0 saturated carbocycles. The lowest BCUT2D eigenvalue weighted by Crippen LogP contribution is -2.25. The highest BCUT2D eigenvalue weighted by Crippen LogP contribution is 2.18. The second-order valence-corrected chi connectivity index (χ2v) is 3.67. The summed E-state index contributed by atoms with van der Waals surface area (Å²) in [6.07, 6.45) is 5.49. The van der Waals surface area contributed by atoms with Gasteiger partial charge in [-0.2, -0.15) is 0 Å². The maximum atomic E-state index is 10.5. The highest BCUT2D eigenvalue weighted by molar-refractivity contribution is 5.86. The average molecular weight is 234 g/mol. The molecular weight excluding hydrogens is 216 g/mol. The molecule has 0 aliphatic rings. The van der Waals surface area contributed by atoms with Crippen molar-refractivity contribution in [1.29, 1.82) is 0 Å². The van der Waals surface area contributed by atoms with Crippen LogP contribution in [0.4, 0.5) is 5.82 Å². The maximum Gasteiger partial charge on any atom is 0.328 e. The van der Waals surface area contributed by atoms with Gasteiger partial charge in [0.05, 0.1) is 0 Å². The largest absolute Gasteiger partial charge is 0.478 e. The van der Waals surface area contributed by atoms with E-state index in [0.29, 0.717) is 0 Å². The van der Waals surface area contributed by atoms with Gasteiger partial charge < -0.3 is 10.0 Å². The number of aliphatic carboxylic acids is 1. The zero-order chi connectivity index (χ0) is 12.7. The molecule has 0 spiro atoms. The number of carboxylic acids is 1. The molecule has 0 aliphatic carbocycles. The zero-order valence-electron chi connectivity index (χ0n) is 10.3. The molecule has 0 fully saturated rings. The minimum atomic E-state index is -0.946. The van der Waals surface area contributed by atoms with E-state index < -0.39 is 5.97 Å². The number of hydrogen-bond acceptors (Lipinski definition) is 3. The fraction of sp³-hybridized carbons (Fsp3) is 0.385. The summed E-state index contributed by atoms with van der Waals surface area (Å²) in [4.78, 5) is 17.0. The van der Waals surface area contributed by atoms with E-state index in [1.54, 1.807) is 12.3 Å².